The third-order valence-corrected chi connectivity index (χ3v) is 3.28. The number of rotatable bonds is 3. The normalized spacial score (nSPS) is 23.6. The minimum absolute atomic E-state index is 0.0708. The molecule has 4 nitrogen and oxygen atoms in total. The minimum atomic E-state index is -0.387. The average Bonchev–Trinajstić information content (AvgIpc) is 2.72. The van der Waals surface area contributed by atoms with Gasteiger partial charge in [0.25, 0.3) is 5.91 Å². The zero-order valence-corrected chi connectivity index (χ0v) is 10.1. The van der Waals surface area contributed by atoms with Gasteiger partial charge in [0.1, 0.15) is 0 Å². The van der Waals surface area contributed by atoms with Crippen molar-refractivity contribution in [3.8, 4) is 0 Å². The van der Waals surface area contributed by atoms with Gasteiger partial charge < -0.3 is 15.7 Å². The summed E-state index contributed by atoms with van der Waals surface area (Å²) in [6, 6.07) is 6.92. The molecule has 0 spiro atoms. The summed E-state index contributed by atoms with van der Waals surface area (Å²) >= 11 is 5.92. The minimum Gasteiger partial charge on any atom is -0.391 e. The van der Waals surface area contributed by atoms with Crippen LogP contribution in [0.5, 0.6) is 0 Å². The molecule has 92 valence electrons. The Labute approximate surface area is 105 Å². The molecule has 1 saturated heterocycles. The van der Waals surface area contributed by atoms with E-state index in [1.807, 2.05) is 0 Å². The largest absolute Gasteiger partial charge is 0.391 e. The second kappa shape index (κ2) is 5.49. The molecule has 2 atom stereocenters. The van der Waals surface area contributed by atoms with E-state index in [4.69, 9.17) is 11.6 Å². The van der Waals surface area contributed by atoms with Crippen LogP contribution < -0.4 is 10.6 Å². The average molecular weight is 255 g/mol. The molecule has 1 fully saturated rings. The van der Waals surface area contributed by atoms with Crippen molar-refractivity contribution in [3.05, 3.63) is 34.9 Å². The van der Waals surface area contributed by atoms with Gasteiger partial charge in [-0.15, -0.1) is 0 Å². The first-order chi connectivity index (χ1) is 8.18. The summed E-state index contributed by atoms with van der Waals surface area (Å²) in [7, 11) is 0. The topological polar surface area (TPSA) is 61.4 Å². The third-order valence-electron chi connectivity index (χ3n) is 2.95. The summed E-state index contributed by atoms with van der Waals surface area (Å²) in [4.78, 5) is 11.8. The number of amides is 1. The molecule has 0 bridgehead atoms. The van der Waals surface area contributed by atoms with Gasteiger partial charge in [-0.2, -0.15) is 0 Å². The van der Waals surface area contributed by atoms with Crippen LogP contribution in [0.4, 0.5) is 0 Å². The van der Waals surface area contributed by atoms with Crippen LogP contribution in [0, 0.1) is 5.92 Å². The Morgan fingerprint density at radius 1 is 1.47 bits per heavy atom. The van der Waals surface area contributed by atoms with Crippen LogP contribution in [0.2, 0.25) is 5.02 Å². The second-order valence-corrected chi connectivity index (χ2v) is 4.58. The van der Waals surface area contributed by atoms with E-state index in [0.29, 0.717) is 23.7 Å². The highest BCUT2D eigenvalue weighted by Gasteiger charge is 2.25. The van der Waals surface area contributed by atoms with Crippen LogP contribution in [-0.2, 0) is 0 Å². The Morgan fingerprint density at radius 2 is 2.24 bits per heavy atom. The maximum atomic E-state index is 11.8. The van der Waals surface area contributed by atoms with Gasteiger partial charge in [-0.05, 0) is 12.1 Å². The predicted octanol–water partition coefficient (Wildman–Crippen LogP) is 0.650. The number of carbonyl (C=O) groups is 1. The molecule has 0 aromatic heterocycles. The van der Waals surface area contributed by atoms with Gasteiger partial charge >= 0.3 is 0 Å². The monoisotopic (exact) mass is 254 g/mol. The lowest BCUT2D eigenvalue weighted by Gasteiger charge is -2.14. The molecule has 1 aromatic rings. The van der Waals surface area contributed by atoms with Crippen LogP contribution in [0.15, 0.2) is 24.3 Å². The van der Waals surface area contributed by atoms with Crippen LogP contribution in [-0.4, -0.2) is 36.8 Å². The summed E-state index contributed by atoms with van der Waals surface area (Å²) in [5.74, 6) is -0.129. The molecule has 1 amide bonds. The summed E-state index contributed by atoms with van der Waals surface area (Å²) in [6.07, 6.45) is -0.387. The fraction of sp³-hybridized carbons (Fsp3) is 0.417. The SMILES string of the molecule is O=C(NCC1CNCC1O)c1ccccc1Cl. The lowest BCUT2D eigenvalue weighted by molar-refractivity contribution is 0.0927. The van der Waals surface area contributed by atoms with Crippen LogP contribution in [0.1, 0.15) is 10.4 Å². The Kier molecular flexibility index (Phi) is 3.99. The lowest BCUT2D eigenvalue weighted by atomic mass is 10.1. The van der Waals surface area contributed by atoms with Crippen molar-refractivity contribution in [2.45, 2.75) is 6.10 Å². The zero-order chi connectivity index (χ0) is 12.3. The van der Waals surface area contributed by atoms with E-state index < -0.39 is 0 Å². The molecule has 2 unspecified atom stereocenters. The first kappa shape index (κ1) is 12.4. The van der Waals surface area contributed by atoms with E-state index in [9.17, 15) is 9.90 Å². The fourth-order valence-corrected chi connectivity index (χ4v) is 2.11. The Morgan fingerprint density at radius 3 is 2.88 bits per heavy atom. The number of hydrogen-bond acceptors (Lipinski definition) is 3. The summed E-state index contributed by atoms with van der Waals surface area (Å²) in [5, 5.41) is 15.9. The lowest BCUT2D eigenvalue weighted by Crippen LogP contribution is -2.34. The number of benzene rings is 1. The van der Waals surface area contributed by atoms with Gasteiger partial charge in [-0.3, -0.25) is 4.79 Å². The van der Waals surface area contributed by atoms with Crippen LogP contribution in [0.25, 0.3) is 0 Å². The summed E-state index contributed by atoms with van der Waals surface area (Å²) < 4.78 is 0. The van der Waals surface area contributed by atoms with Crippen LogP contribution in [0.3, 0.4) is 0 Å². The molecule has 3 N–H and O–H groups in total. The number of halogens is 1. The molecule has 1 aromatic carbocycles. The predicted molar refractivity (Wildman–Crippen MR) is 66.2 cm³/mol. The van der Waals surface area contributed by atoms with Crippen molar-refractivity contribution in [3.63, 3.8) is 0 Å². The van der Waals surface area contributed by atoms with Crippen molar-refractivity contribution >= 4 is 17.5 Å². The van der Waals surface area contributed by atoms with Crippen molar-refractivity contribution < 1.29 is 9.90 Å². The molecule has 1 aliphatic rings. The highest BCUT2D eigenvalue weighted by atomic mass is 35.5. The van der Waals surface area contributed by atoms with E-state index in [1.165, 1.54) is 0 Å². The van der Waals surface area contributed by atoms with Gasteiger partial charge in [0.2, 0.25) is 0 Å². The van der Waals surface area contributed by atoms with Gasteiger partial charge in [0.05, 0.1) is 16.7 Å². The Balaban J connectivity index is 1.91. The van der Waals surface area contributed by atoms with Crippen molar-refractivity contribution in [2.75, 3.05) is 19.6 Å². The quantitative estimate of drug-likeness (QED) is 0.742. The van der Waals surface area contributed by atoms with Crippen molar-refractivity contribution in [2.24, 2.45) is 5.92 Å². The standard InChI is InChI=1S/C12H15ClN2O2/c13-10-4-2-1-3-9(10)12(17)15-6-8-5-14-7-11(8)16/h1-4,8,11,14,16H,5-7H2,(H,15,17). The van der Waals surface area contributed by atoms with E-state index in [1.54, 1.807) is 24.3 Å². The molecule has 1 heterocycles. The van der Waals surface area contributed by atoms with Crippen molar-refractivity contribution in [1.82, 2.24) is 10.6 Å². The number of hydrogen-bond donors (Lipinski definition) is 3. The number of nitrogens with one attached hydrogen (secondary N) is 2. The molecule has 0 aliphatic carbocycles. The first-order valence-electron chi connectivity index (χ1n) is 5.60. The van der Waals surface area contributed by atoms with E-state index in [2.05, 4.69) is 10.6 Å². The first-order valence-corrected chi connectivity index (χ1v) is 5.98. The van der Waals surface area contributed by atoms with E-state index in [-0.39, 0.29) is 17.9 Å². The smallest absolute Gasteiger partial charge is 0.252 e. The zero-order valence-electron chi connectivity index (χ0n) is 9.32. The molecule has 5 heteroatoms. The van der Waals surface area contributed by atoms with Gasteiger partial charge in [0.15, 0.2) is 0 Å². The summed E-state index contributed by atoms with van der Waals surface area (Å²) in [6.45, 7) is 1.77. The van der Waals surface area contributed by atoms with E-state index >= 15 is 0 Å². The molecule has 0 saturated carbocycles. The number of aliphatic hydroxyl groups is 1. The van der Waals surface area contributed by atoms with Gasteiger partial charge in [-0.1, -0.05) is 23.7 Å². The second-order valence-electron chi connectivity index (χ2n) is 4.18. The maximum Gasteiger partial charge on any atom is 0.252 e. The third kappa shape index (κ3) is 2.97. The summed E-state index contributed by atoms with van der Waals surface area (Å²) in [5.41, 5.74) is 0.467. The highest BCUT2D eigenvalue weighted by Crippen LogP contribution is 2.15. The molecule has 2 rings (SSSR count). The Hall–Kier alpha value is -1.10. The van der Waals surface area contributed by atoms with Crippen molar-refractivity contribution in [1.29, 1.82) is 0 Å². The Bertz CT molecular complexity index is 411. The molecule has 17 heavy (non-hydrogen) atoms. The highest BCUT2D eigenvalue weighted by molar-refractivity contribution is 6.33. The van der Waals surface area contributed by atoms with Gasteiger partial charge in [0, 0.05) is 25.6 Å². The molecule has 0 radical (unpaired) electrons. The van der Waals surface area contributed by atoms with E-state index in [0.717, 1.165) is 6.54 Å². The molecular weight excluding hydrogens is 240 g/mol. The van der Waals surface area contributed by atoms with Gasteiger partial charge in [-0.25, -0.2) is 0 Å². The molecular formula is C12H15ClN2O2. The number of carbonyl (C=O) groups excluding carboxylic acids is 1. The maximum absolute atomic E-state index is 11.8. The number of aliphatic hydroxyl groups excluding tert-OH is 1. The van der Waals surface area contributed by atoms with Crippen LogP contribution >= 0.6 is 11.6 Å². The number of β-amino-alcohol motifs (C(OH)–C–C–N with tert-alkyl or cyclic N) is 1. The fourth-order valence-electron chi connectivity index (χ4n) is 1.89. The molecule has 1 aliphatic heterocycles.